The Hall–Kier alpha value is -2.85. The van der Waals surface area contributed by atoms with Gasteiger partial charge in [-0.2, -0.15) is 0 Å². The summed E-state index contributed by atoms with van der Waals surface area (Å²) >= 11 is 1.78. The van der Waals surface area contributed by atoms with Crippen LogP contribution in [0, 0.1) is 11.8 Å². The number of fused-ring (bicyclic) bond motifs is 1. The summed E-state index contributed by atoms with van der Waals surface area (Å²) in [5, 5.41) is 3.69. The van der Waals surface area contributed by atoms with Gasteiger partial charge in [-0.1, -0.05) is 67.1 Å². The van der Waals surface area contributed by atoms with Gasteiger partial charge in [0.15, 0.2) is 0 Å². The molecule has 0 saturated carbocycles. The summed E-state index contributed by atoms with van der Waals surface area (Å²) in [6.45, 7) is 11.5. The number of allylic oxidation sites excluding steroid dienone is 7. The Balaban J connectivity index is 2.24. The maximum atomic E-state index is 3.81. The highest BCUT2D eigenvalue weighted by atomic mass is 32.2. The van der Waals surface area contributed by atoms with Crippen molar-refractivity contribution in [3.63, 3.8) is 0 Å². The molecule has 0 fully saturated rings. The number of nitrogens with one attached hydrogen (secondary N) is 1. The standard InChI is InChI=1S/C24H23NS/c1-5-9-13-21(12-8-4)24-25-22-17-16-20(18-23(22)26-24)15-14-19(10-6-2)11-7-3/h5-8,10-13,16-18,24-25H,2,4H2,1,3H3/b11-7-,19-10+,21-12+. The van der Waals surface area contributed by atoms with E-state index in [9.17, 15) is 0 Å². The van der Waals surface area contributed by atoms with Crippen molar-refractivity contribution in [3.05, 3.63) is 102 Å². The van der Waals surface area contributed by atoms with Crippen LogP contribution in [0.15, 0.2) is 102 Å². The average molecular weight is 358 g/mol. The summed E-state index contributed by atoms with van der Waals surface area (Å²) < 4.78 is 0. The molecule has 2 heteroatoms. The van der Waals surface area contributed by atoms with Crippen LogP contribution in [0.4, 0.5) is 5.69 Å². The number of hydrogen-bond acceptors (Lipinski definition) is 2. The lowest BCUT2D eigenvalue weighted by Crippen LogP contribution is -2.11. The second-order valence-electron chi connectivity index (χ2n) is 5.46. The smallest absolute Gasteiger partial charge is 0.103 e. The van der Waals surface area contributed by atoms with Gasteiger partial charge < -0.3 is 5.32 Å². The highest BCUT2D eigenvalue weighted by molar-refractivity contribution is 8.00. The predicted octanol–water partition coefficient (Wildman–Crippen LogP) is 6.41. The van der Waals surface area contributed by atoms with Crippen molar-refractivity contribution in [2.75, 3.05) is 5.32 Å². The summed E-state index contributed by atoms with van der Waals surface area (Å²) in [6, 6.07) is 6.26. The first-order chi connectivity index (χ1) is 12.7. The van der Waals surface area contributed by atoms with E-state index in [2.05, 4.69) is 48.2 Å². The van der Waals surface area contributed by atoms with E-state index in [4.69, 9.17) is 0 Å². The van der Waals surface area contributed by atoms with Gasteiger partial charge >= 0.3 is 0 Å². The minimum Gasteiger partial charge on any atom is -0.368 e. The van der Waals surface area contributed by atoms with Crippen LogP contribution in [-0.2, 0) is 0 Å². The molecule has 130 valence electrons. The molecule has 1 atom stereocenters. The zero-order valence-electron chi connectivity index (χ0n) is 15.3. The maximum Gasteiger partial charge on any atom is 0.103 e. The van der Waals surface area contributed by atoms with Gasteiger partial charge in [0.1, 0.15) is 5.37 Å². The maximum absolute atomic E-state index is 3.81. The second kappa shape index (κ2) is 10.2. The van der Waals surface area contributed by atoms with Gasteiger partial charge in [0.2, 0.25) is 0 Å². The monoisotopic (exact) mass is 357 g/mol. The van der Waals surface area contributed by atoms with Crippen molar-refractivity contribution in [1.82, 2.24) is 0 Å². The summed E-state index contributed by atoms with van der Waals surface area (Å²) in [6.07, 6.45) is 15.3. The molecule has 0 amide bonds. The Kier molecular flexibility index (Phi) is 7.65. The fourth-order valence-electron chi connectivity index (χ4n) is 2.38. The van der Waals surface area contributed by atoms with Crippen LogP contribution in [0.2, 0.25) is 0 Å². The lowest BCUT2D eigenvalue weighted by molar-refractivity contribution is 1.20. The number of thioether (sulfide) groups is 1. The molecule has 1 unspecified atom stereocenters. The zero-order valence-corrected chi connectivity index (χ0v) is 16.1. The Labute approximate surface area is 161 Å². The topological polar surface area (TPSA) is 12.0 Å². The molecular weight excluding hydrogens is 334 g/mol. The lowest BCUT2D eigenvalue weighted by Gasteiger charge is -2.10. The minimum absolute atomic E-state index is 0.151. The van der Waals surface area contributed by atoms with Crippen LogP contribution in [0.5, 0.6) is 0 Å². The third-order valence-electron chi connectivity index (χ3n) is 3.54. The molecule has 1 N–H and O–H groups in total. The van der Waals surface area contributed by atoms with Gasteiger partial charge in [0.05, 0.1) is 0 Å². The Morgan fingerprint density at radius 2 is 2.00 bits per heavy atom. The first-order valence-corrected chi connectivity index (χ1v) is 9.34. The first-order valence-electron chi connectivity index (χ1n) is 8.46. The fourth-order valence-corrected chi connectivity index (χ4v) is 3.55. The van der Waals surface area contributed by atoms with Crippen molar-refractivity contribution < 1.29 is 0 Å². The molecular formula is C24H23NS. The number of benzene rings is 1. The molecule has 1 aromatic carbocycles. The van der Waals surface area contributed by atoms with Crippen LogP contribution in [0.3, 0.4) is 0 Å². The van der Waals surface area contributed by atoms with Gasteiger partial charge in [0, 0.05) is 21.7 Å². The number of anilines is 1. The van der Waals surface area contributed by atoms with E-state index >= 15 is 0 Å². The Bertz CT molecular complexity index is 894. The van der Waals surface area contributed by atoms with Crippen molar-refractivity contribution >= 4 is 17.4 Å². The van der Waals surface area contributed by atoms with Crippen LogP contribution >= 0.6 is 11.8 Å². The molecule has 1 heterocycles. The van der Waals surface area contributed by atoms with E-state index in [1.807, 2.05) is 56.4 Å². The summed E-state index contributed by atoms with van der Waals surface area (Å²) in [5.74, 6) is 6.42. The summed E-state index contributed by atoms with van der Waals surface area (Å²) in [4.78, 5) is 1.20. The Morgan fingerprint density at radius 3 is 2.69 bits per heavy atom. The van der Waals surface area contributed by atoms with Crippen molar-refractivity contribution in [2.24, 2.45) is 0 Å². The third kappa shape index (κ3) is 5.33. The molecule has 0 radical (unpaired) electrons. The molecule has 1 nitrogen and oxygen atoms in total. The highest BCUT2D eigenvalue weighted by Crippen LogP contribution is 2.41. The fraction of sp³-hybridized carbons (Fsp3) is 0.125. The van der Waals surface area contributed by atoms with Crippen molar-refractivity contribution in [2.45, 2.75) is 24.1 Å². The van der Waals surface area contributed by atoms with E-state index < -0.39 is 0 Å². The second-order valence-corrected chi connectivity index (χ2v) is 6.61. The summed E-state index contributed by atoms with van der Waals surface area (Å²) in [5.41, 5.74) is 7.35. The van der Waals surface area contributed by atoms with Gasteiger partial charge in [-0.25, -0.2) is 0 Å². The molecule has 1 aromatic rings. The van der Waals surface area contributed by atoms with Crippen LogP contribution in [-0.4, -0.2) is 5.37 Å². The summed E-state index contributed by atoms with van der Waals surface area (Å²) in [7, 11) is 0. The van der Waals surface area contributed by atoms with Gasteiger partial charge in [0.25, 0.3) is 0 Å². The quantitative estimate of drug-likeness (QED) is 0.371. The van der Waals surface area contributed by atoms with E-state index in [1.54, 1.807) is 23.9 Å². The van der Waals surface area contributed by atoms with Crippen LogP contribution in [0.25, 0.3) is 0 Å². The van der Waals surface area contributed by atoms with Gasteiger partial charge in [-0.15, -0.1) is 5.73 Å². The van der Waals surface area contributed by atoms with E-state index in [0.717, 1.165) is 22.4 Å². The van der Waals surface area contributed by atoms with Gasteiger partial charge in [-0.3, -0.25) is 0 Å². The average Bonchev–Trinajstić information content (AvgIpc) is 3.06. The molecule has 26 heavy (non-hydrogen) atoms. The minimum atomic E-state index is 0.151. The Morgan fingerprint density at radius 1 is 1.19 bits per heavy atom. The normalized spacial score (nSPS) is 16.0. The molecule has 0 bridgehead atoms. The lowest BCUT2D eigenvalue weighted by atomic mass is 10.1. The third-order valence-corrected chi connectivity index (χ3v) is 4.75. The molecule has 0 aromatic heterocycles. The molecule has 1 aliphatic heterocycles. The van der Waals surface area contributed by atoms with Crippen molar-refractivity contribution in [1.29, 1.82) is 0 Å². The van der Waals surface area contributed by atoms with E-state index in [1.165, 1.54) is 4.90 Å². The predicted molar refractivity (Wildman–Crippen MR) is 116 cm³/mol. The number of rotatable bonds is 5. The largest absolute Gasteiger partial charge is 0.368 e. The van der Waals surface area contributed by atoms with Gasteiger partial charge in [-0.05, 0) is 55.8 Å². The molecule has 2 rings (SSSR count). The number of hydrogen-bond donors (Lipinski definition) is 1. The van der Waals surface area contributed by atoms with Crippen LogP contribution in [0.1, 0.15) is 19.4 Å². The first kappa shape index (κ1) is 19.5. The molecule has 0 saturated heterocycles. The highest BCUT2D eigenvalue weighted by Gasteiger charge is 2.23. The SMILES string of the molecule is C=C/C=C(C#Cc1ccc2c(c1)SC(/C(C=C=CC)=C/C=C)N2)\C=C/C. The van der Waals surface area contributed by atoms with Crippen LogP contribution < -0.4 is 5.32 Å². The molecule has 0 aliphatic carbocycles. The zero-order chi connectivity index (χ0) is 18.8. The molecule has 1 aliphatic rings. The van der Waals surface area contributed by atoms with Crippen molar-refractivity contribution in [3.8, 4) is 11.8 Å². The van der Waals surface area contributed by atoms with E-state index in [0.29, 0.717) is 0 Å². The van der Waals surface area contributed by atoms with E-state index in [-0.39, 0.29) is 5.37 Å². The molecule has 0 spiro atoms.